The van der Waals surface area contributed by atoms with Crippen LogP contribution in [0, 0.1) is 0 Å². The molecule has 1 aliphatic carbocycles. The van der Waals surface area contributed by atoms with Crippen LogP contribution in [0.25, 0.3) is 0 Å². The van der Waals surface area contributed by atoms with Gasteiger partial charge in [-0.25, -0.2) is 0 Å². The van der Waals surface area contributed by atoms with E-state index < -0.39 is 5.97 Å². The summed E-state index contributed by atoms with van der Waals surface area (Å²) in [7, 11) is 0. The molecule has 2 atom stereocenters. The maximum absolute atomic E-state index is 10.9. The molecule has 0 aromatic heterocycles. The van der Waals surface area contributed by atoms with Crippen LogP contribution in [0.5, 0.6) is 0 Å². The molecule has 2 rings (SSSR count). The zero-order chi connectivity index (χ0) is 13.0. The number of aliphatic carboxylic acids is 1. The Kier molecular flexibility index (Phi) is 5.01. The first kappa shape index (κ1) is 13.8. The van der Waals surface area contributed by atoms with E-state index in [0.717, 1.165) is 13.1 Å². The fraction of sp³-hybridized carbons (Fsp3) is 0.929. The van der Waals surface area contributed by atoms with Gasteiger partial charge < -0.3 is 10.4 Å². The highest BCUT2D eigenvalue weighted by molar-refractivity contribution is 5.67. The number of nitrogens with one attached hydrogen (secondary N) is 1. The summed E-state index contributed by atoms with van der Waals surface area (Å²) in [5.41, 5.74) is 0. The second kappa shape index (κ2) is 6.53. The summed E-state index contributed by atoms with van der Waals surface area (Å²) in [4.78, 5) is 13.4. The Hall–Kier alpha value is -0.610. The van der Waals surface area contributed by atoms with E-state index in [1.54, 1.807) is 0 Å². The summed E-state index contributed by atoms with van der Waals surface area (Å²) in [6.07, 6.45) is 8.26. The van der Waals surface area contributed by atoms with Gasteiger partial charge in [-0.2, -0.15) is 0 Å². The van der Waals surface area contributed by atoms with Gasteiger partial charge in [-0.15, -0.1) is 0 Å². The Balaban J connectivity index is 1.91. The average molecular weight is 254 g/mol. The fourth-order valence-electron chi connectivity index (χ4n) is 3.47. The second-order valence-corrected chi connectivity index (χ2v) is 5.96. The summed E-state index contributed by atoms with van der Waals surface area (Å²) in [5.74, 6) is -0.692. The minimum absolute atomic E-state index is 0.120. The predicted octanol–water partition coefficient (Wildman–Crippen LogP) is 1.85. The maximum Gasteiger partial charge on any atom is 0.304 e. The minimum Gasteiger partial charge on any atom is -0.481 e. The topological polar surface area (TPSA) is 52.6 Å². The highest BCUT2D eigenvalue weighted by Gasteiger charge is 2.30. The lowest BCUT2D eigenvalue weighted by molar-refractivity contribution is -0.138. The number of carboxylic acid groups (broad SMARTS) is 1. The summed E-state index contributed by atoms with van der Waals surface area (Å²) >= 11 is 0. The molecule has 2 aliphatic rings. The molecule has 4 heteroatoms. The molecule has 4 nitrogen and oxygen atoms in total. The molecule has 2 N–H and O–H groups in total. The quantitative estimate of drug-likeness (QED) is 0.755. The number of hydrogen-bond acceptors (Lipinski definition) is 3. The van der Waals surface area contributed by atoms with E-state index in [2.05, 4.69) is 17.1 Å². The van der Waals surface area contributed by atoms with Crippen molar-refractivity contribution < 1.29 is 9.90 Å². The molecule has 18 heavy (non-hydrogen) atoms. The van der Waals surface area contributed by atoms with Crippen molar-refractivity contribution >= 4 is 5.97 Å². The monoisotopic (exact) mass is 254 g/mol. The van der Waals surface area contributed by atoms with Crippen LogP contribution in [0.1, 0.15) is 51.9 Å². The lowest BCUT2D eigenvalue weighted by Gasteiger charge is -2.41. The first-order valence-corrected chi connectivity index (χ1v) is 7.37. The predicted molar refractivity (Wildman–Crippen MR) is 71.7 cm³/mol. The molecule has 0 radical (unpaired) electrons. The van der Waals surface area contributed by atoms with E-state index in [9.17, 15) is 4.79 Å². The van der Waals surface area contributed by atoms with Crippen LogP contribution in [0.15, 0.2) is 0 Å². The van der Waals surface area contributed by atoms with Crippen molar-refractivity contribution in [1.82, 2.24) is 10.2 Å². The van der Waals surface area contributed by atoms with Gasteiger partial charge in [0.05, 0.1) is 6.42 Å². The highest BCUT2D eigenvalue weighted by atomic mass is 16.4. The number of piperazine rings is 1. The van der Waals surface area contributed by atoms with Crippen LogP contribution >= 0.6 is 0 Å². The lowest BCUT2D eigenvalue weighted by atomic mass is 10.0. The summed E-state index contributed by atoms with van der Waals surface area (Å²) < 4.78 is 0. The van der Waals surface area contributed by atoms with Gasteiger partial charge in [0.1, 0.15) is 0 Å². The second-order valence-electron chi connectivity index (χ2n) is 5.96. The first-order chi connectivity index (χ1) is 8.65. The van der Waals surface area contributed by atoms with E-state index in [4.69, 9.17) is 5.11 Å². The van der Waals surface area contributed by atoms with Crippen molar-refractivity contribution in [2.75, 3.05) is 13.1 Å². The summed E-state index contributed by atoms with van der Waals surface area (Å²) in [6, 6.07) is 1.22. The molecule has 0 amide bonds. The third kappa shape index (κ3) is 3.95. The smallest absolute Gasteiger partial charge is 0.304 e. The van der Waals surface area contributed by atoms with E-state index in [0.29, 0.717) is 12.1 Å². The van der Waals surface area contributed by atoms with Gasteiger partial charge in [-0.3, -0.25) is 9.69 Å². The molecule has 1 heterocycles. The zero-order valence-corrected chi connectivity index (χ0v) is 11.4. The van der Waals surface area contributed by atoms with Crippen LogP contribution in [-0.4, -0.2) is 47.2 Å². The van der Waals surface area contributed by atoms with E-state index in [1.165, 1.54) is 38.5 Å². The van der Waals surface area contributed by atoms with Gasteiger partial charge in [0.2, 0.25) is 0 Å². The molecule has 1 aliphatic heterocycles. The Bertz CT molecular complexity index is 275. The van der Waals surface area contributed by atoms with E-state index >= 15 is 0 Å². The van der Waals surface area contributed by atoms with Crippen molar-refractivity contribution in [1.29, 1.82) is 0 Å². The van der Waals surface area contributed by atoms with Crippen LogP contribution in [0.2, 0.25) is 0 Å². The van der Waals surface area contributed by atoms with Gasteiger partial charge in [-0.05, 0) is 19.8 Å². The molecule has 0 bridgehead atoms. The van der Waals surface area contributed by atoms with Gasteiger partial charge in [0.15, 0.2) is 0 Å². The summed E-state index contributed by atoms with van der Waals surface area (Å²) in [6.45, 7) is 4.14. The summed E-state index contributed by atoms with van der Waals surface area (Å²) in [5, 5.41) is 12.3. The first-order valence-electron chi connectivity index (χ1n) is 7.37. The van der Waals surface area contributed by atoms with E-state index in [-0.39, 0.29) is 12.5 Å². The number of nitrogens with zero attached hydrogens (tertiary/aromatic N) is 1. The zero-order valence-electron chi connectivity index (χ0n) is 11.4. The third-order valence-electron chi connectivity index (χ3n) is 4.25. The van der Waals surface area contributed by atoms with Gasteiger partial charge >= 0.3 is 5.97 Å². The van der Waals surface area contributed by atoms with Crippen LogP contribution in [-0.2, 0) is 4.79 Å². The van der Waals surface area contributed by atoms with Crippen molar-refractivity contribution in [2.24, 2.45) is 0 Å². The third-order valence-corrected chi connectivity index (χ3v) is 4.25. The molecule has 0 aromatic rings. The SMILES string of the molecule is CC1CN(C2CCCCCC2)CC(CC(=O)O)N1. The molecule has 104 valence electrons. The normalized spacial score (nSPS) is 32.1. The van der Waals surface area contributed by atoms with Crippen molar-refractivity contribution in [3.63, 3.8) is 0 Å². The molecule has 2 fully saturated rings. The van der Waals surface area contributed by atoms with Crippen molar-refractivity contribution in [3.05, 3.63) is 0 Å². The Morgan fingerprint density at radius 2 is 1.89 bits per heavy atom. The Morgan fingerprint density at radius 3 is 2.50 bits per heavy atom. The average Bonchev–Trinajstić information content (AvgIpc) is 2.55. The van der Waals surface area contributed by atoms with Crippen LogP contribution < -0.4 is 5.32 Å². The lowest BCUT2D eigenvalue weighted by Crippen LogP contribution is -2.58. The number of carboxylic acids is 1. The molecule has 2 unspecified atom stereocenters. The number of hydrogen-bond donors (Lipinski definition) is 2. The van der Waals surface area contributed by atoms with Crippen molar-refractivity contribution in [3.8, 4) is 0 Å². The molecule has 0 spiro atoms. The van der Waals surface area contributed by atoms with Gasteiger partial charge in [-0.1, -0.05) is 25.7 Å². The minimum atomic E-state index is -0.692. The molecule has 1 saturated heterocycles. The van der Waals surface area contributed by atoms with Crippen LogP contribution in [0.4, 0.5) is 0 Å². The van der Waals surface area contributed by atoms with Gasteiger partial charge in [0, 0.05) is 31.2 Å². The Labute approximate surface area is 110 Å². The highest BCUT2D eigenvalue weighted by Crippen LogP contribution is 2.24. The number of carbonyl (C=O) groups is 1. The molecule has 0 aromatic carbocycles. The largest absolute Gasteiger partial charge is 0.481 e. The fourth-order valence-corrected chi connectivity index (χ4v) is 3.47. The maximum atomic E-state index is 10.9. The molecular formula is C14H26N2O2. The van der Waals surface area contributed by atoms with E-state index in [1.807, 2.05) is 0 Å². The Morgan fingerprint density at radius 1 is 1.22 bits per heavy atom. The number of rotatable bonds is 3. The molecular weight excluding hydrogens is 228 g/mol. The standard InChI is InChI=1S/C14H26N2O2/c1-11-9-16(10-12(15-11)8-14(17)18)13-6-4-2-3-5-7-13/h11-13,15H,2-10H2,1H3,(H,17,18). The van der Waals surface area contributed by atoms with Crippen molar-refractivity contribution in [2.45, 2.75) is 70.0 Å². The van der Waals surface area contributed by atoms with Crippen LogP contribution in [0.3, 0.4) is 0 Å². The van der Waals surface area contributed by atoms with Gasteiger partial charge in [0.25, 0.3) is 0 Å². The molecule has 1 saturated carbocycles.